The van der Waals surface area contributed by atoms with Crippen LogP contribution in [0, 0.1) is 0 Å². The maximum absolute atomic E-state index is 12.3. The van der Waals surface area contributed by atoms with E-state index in [1.165, 1.54) is 14.2 Å². The zero-order valence-electron chi connectivity index (χ0n) is 13.8. The largest absolute Gasteiger partial charge is 0.497 e. The molecule has 0 aliphatic heterocycles. The second-order valence-corrected chi connectivity index (χ2v) is 6.04. The Morgan fingerprint density at radius 1 is 1.24 bits per heavy atom. The maximum Gasteiger partial charge on any atom is 0.251 e. The van der Waals surface area contributed by atoms with E-state index in [1.807, 2.05) is 17.5 Å². The summed E-state index contributed by atoms with van der Waals surface area (Å²) < 4.78 is 15.5. The van der Waals surface area contributed by atoms with Crippen molar-refractivity contribution < 1.29 is 18.8 Å². The zero-order valence-corrected chi connectivity index (χ0v) is 14.6. The van der Waals surface area contributed by atoms with Crippen molar-refractivity contribution in [3.63, 3.8) is 0 Å². The molecule has 1 N–H and O–H groups in total. The normalized spacial score (nSPS) is 10.5. The fraction of sp³-hybridized carbons (Fsp3) is 0.235. The Balaban J connectivity index is 1.58. The van der Waals surface area contributed by atoms with Gasteiger partial charge in [-0.05, 0) is 23.6 Å². The molecule has 2 aromatic heterocycles. The van der Waals surface area contributed by atoms with Gasteiger partial charge in [0.05, 0.1) is 19.1 Å². The van der Waals surface area contributed by atoms with Gasteiger partial charge in [-0.2, -0.15) is 4.98 Å². The zero-order chi connectivity index (χ0) is 17.6. The van der Waals surface area contributed by atoms with Gasteiger partial charge >= 0.3 is 0 Å². The number of carbonyl (C=O) groups is 1. The third-order valence-electron chi connectivity index (χ3n) is 3.45. The Hall–Kier alpha value is -2.87. The lowest BCUT2D eigenvalue weighted by Gasteiger charge is -2.08. The molecule has 3 rings (SSSR count). The quantitative estimate of drug-likeness (QED) is 0.698. The number of ether oxygens (including phenoxy) is 2. The number of carbonyl (C=O) groups excluding carboxylic acids is 1. The first-order valence-electron chi connectivity index (χ1n) is 7.57. The average molecular weight is 359 g/mol. The smallest absolute Gasteiger partial charge is 0.251 e. The first-order valence-corrected chi connectivity index (χ1v) is 8.45. The van der Waals surface area contributed by atoms with Crippen LogP contribution in [0.25, 0.3) is 10.7 Å². The van der Waals surface area contributed by atoms with E-state index in [0.29, 0.717) is 41.7 Å². The molecule has 130 valence electrons. The molecule has 0 fully saturated rings. The molecule has 0 spiro atoms. The number of methoxy groups -OCH3 is 2. The SMILES string of the molecule is COc1cc(OC)cc(C(=O)NCCc2nc(-c3cccs3)no2)c1. The second kappa shape index (κ2) is 7.80. The topological polar surface area (TPSA) is 86.5 Å². The van der Waals surface area contributed by atoms with Crippen molar-refractivity contribution in [1.29, 1.82) is 0 Å². The fourth-order valence-corrected chi connectivity index (χ4v) is 2.84. The highest BCUT2D eigenvalue weighted by Crippen LogP contribution is 2.23. The van der Waals surface area contributed by atoms with Gasteiger partial charge in [0.15, 0.2) is 0 Å². The van der Waals surface area contributed by atoms with E-state index in [2.05, 4.69) is 15.5 Å². The summed E-state index contributed by atoms with van der Waals surface area (Å²) in [7, 11) is 3.08. The molecular weight excluding hydrogens is 342 g/mol. The van der Waals surface area contributed by atoms with Crippen LogP contribution in [0.5, 0.6) is 11.5 Å². The molecule has 0 radical (unpaired) electrons. The lowest BCUT2D eigenvalue weighted by molar-refractivity contribution is 0.0952. The van der Waals surface area contributed by atoms with E-state index < -0.39 is 0 Å². The minimum Gasteiger partial charge on any atom is -0.497 e. The molecule has 0 aliphatic carbocycles. The van der Waals surface area contributed by atoms with Crippen molar-refractivity contribution in [3.05, 3.63) is 47.2 Å². The lowest BCUT2D eigenvalue weighted by Crippen LogP contribution is -2.25. The first kappa shape index (κ1) is 17.0. The van der Waals surface area contributed by atoms with Gasteiger partial charge in [0.1, 0.15) is 11.5 Å². The molecule has 25 heavy (non-hydrogen) atoms. The molecule has 0 bridgehead atoms. The van der Waals surface area contributed by atoms with Gasteiger partial charge in [0.2, 0.25) is 11.7 Å². The number of nitrogens with zero attached hydrogens (tertiary/aromatic N) is 2. The average Bonchev–Trinajstić information content (AvgIpc) is 3.32. The molecule has 0 aliphatic rings. The predicted octanol–water partition coefficient (Wildman–Crippen LogP) is 2.79. The van der Waals surface area contributed by atoms with Crippen molar-refractivity contribution in [3.8, 4) is 22.2 Å². The number of amides is 1. The molecule has 0 atom stereocenters. The third-order valence-corrected chi connectivity index (χ3v) is 4.31. The molecule has 0 unspecified atom stereocenters. The monoisotopic (exact) mass is 359 g/mol. The number of nitrogens with one attached hydrogen (secondary N) is 1. The minimum absolute atomic E-state index is 0.227. The van der Waals surface area contributed by atoms with Crippen molar-refractivity contribution in [2.75, 3.05) is 20.8 Å². The number of hydrogen-bond acceptors (Lipinski definition) is 7. The van der Waals surface area contributed by atoms with Crippen LogP contribution in [0.3, 0.4) is 0 Å². The van der Waals surface area contributed by atoms with Crippen molar-refractivity contribution in [2.24, 2.45) is 0 Å². The summed E-state index contributed by atoms with van der Waals surface area (Å²) in [5, 5.41) is 8.71. The molecule has 1 aromatic carbocycles. The van der Waals surface area contributed by atoms with Crippen LogP contribution in [0.4, 0.5) is 0 Å². The van der Waals surface area contributed by atoms with E-state index in [4.69, 9.17) is 14.0 Å². The van der Waals surface area contributed by atoms with Gasteiger partial charge in [-0.3, -0.25) is 4.79 Å². The molecule has 2 heterocycles. The van der Waals surface area contributed by atoms with Crippen LogP contribution in [0.2, 0.25) is 0 Å². The van der Waals surface area contributed by atoms with E-state index in [9.17, 15) is 4.79 Å². The fourth-order valence-electron chi connectivity index (χ4n) is 2.19. The maximum atomic E-state index is 12.3. The molecule has 8 heteroatoms. The highest BCUT2D eigenvalue weighted by atomic mass is 32.1. The Morgan fingerprint density at radius 2 is 2.00 bits per heavy atom. The third kappa shape index (κ3) is 4.16. The molecule has 0 saturated carbocycles. The van der Waals surface area contributed by atoms with E-state index in [-0.39, 0.29) is 5.91 Å². The van der Waals surface area contributed by atoms with Gasteiger partial charge in [0, 0.05) is 24.6 Å². The van der Waals surface area contributed by atoms with Crippen LogP contribution in [-0.2, 0) is 6.42 Å². The number of rotatable bonds is 7. The van der Waals surface area contributed by atoms with Gasteiger partial charge in [-0.15, -0.1) is 11.3 Å². The molecule has 3 aromatic rings. The van der Waals surface area contributed by atoms with E-state index in [1.54, 1.807) is 29.5 Å². The Bertz CT molecular complexity index is 823. The standard InChI is InChI=1S/C17H17N3O4S/c1-22-12-8-11(9-13(10-12)23-2)17(21)18-6-5-15-19-16(20-24-15)14-4-3-7-25-14/h3-4,7-10H,5-6H2,1-2H3,(H,18,21). The molecule has 1 amide bonds. The summed E-state index contributed by atoms with van der Waals surface area (Å²) in [6.45, 7) is 0.379. The highest BCUT2D eigenvalue weighted by molar-refractivity contribution is 7.13. The summed E-state index contributed by atoms with van der Waals surface area (Å²) >= 11 is 1.54. The Kier molecular flexibility index (Phi) is 5.30. The molecular formula is C17H17N3O4S. The van der Waals surface area contributed by atoms with Crippen LogP contribution in [0.15, 0.2) is 40.2 Å². The summed E-state index contributed by atoms with van der Waals surface area (Å²) in [4.78, 5) is 17.5. The molecule has 0 saturated heterocycles. The van der Waals surface area contributed by atoms with Gasteiger partial charge in [-0.1, -0.05) is 11.2 Å². The second-order valence-electron chi connectivity index (χ2n) is 5.10. The summed E-state index contributed by atoms with van der Waals surface area (Å²) in [6, 6.07) is 8.87. The van der Waals surface area contributed by atoms with Crippen molar-refractivity contribution in [1.82, 2.24) is 15.5 Å². The summed E-state index contributed by atoms with van der Waals surface area (Å²) in [6.07, 6.45) is 0.450. The number of aromatic nitrogens is 2. The van der Waals surface area contributed by atoms with Gasteiger partial charge < -0.3 is 19.3 Å². The predicted molar refractivity (Wildman–Crippen MR) is 93.2 cm³/mol. The Morgan fingerprint density at radius 3 is 2.64 bits per heavy atom. The number of benzene rings is 1. The number of hydrogen-bond donors (Lipinski definition) is 1. The van der Waals surface area contributed by atoms with Gasteiger partial charge in [0.25, 0.3) is 5.91 Å². The first-order chi connectivity index (χ1) is 12.2. The van der Waals surface area contributed by atoms with E-state index in [0.717, 1.165) is 4.88 Å². The van der Waals surface area contributed by atoms with Crippen LogP contribution >= 0.6 is 11.3 Å². The highest BCUT2D eigenvalue weighted by Gasteiger charge is 2.12. The van der Waals surface area contributed by atoms with Gasteiger partial charge in [-0.25, -0.2) is 0 Å². The Labute approximate surface area is 148 Å². The summed E-state index contributed by atoms with van der Waals surface area (Å²) in [5.74, 6) is 1.93. The summed E-state index contributed by atoms with van der Waals surface area (Å²) in [5.41, 5.74) is 0.459. The van der Waals surface area contributed by atoms with Crippen LogP contribution in [0.1, 0.15) is 16.2 Å². The van der Waals surface area contributed by atoms with Crippen LogP contribution < -0.4 is 14.8 Å². The van der Waals surface area contributed by atoms with Crippen LogP contribution in [-0.4, -0.2) is 36.8 Å². The minimum atomic E-state index is -0.227. The van der Waals surface area contributed by atoms with Crippen molar-refractivity contribution >= 4 is 17.2 Å². The van der Waals surface area contributed by atoms with Crippen molar-refractivity contribution in [2.45, 2.75) is 6.42 Å². The van der Waals surface area contributed by atoms with E-state index >= 15 is 0 Å². The lowest BCUT2D eigenvalue weighted by atomic mass is 10.2. The number of thiophene rings is 1. The molecule has 7 nitrogen and oxygen atoms in total.